The van der Waals surface area contributed by atoms with Crippen molar-refractivity contribution in [3.05, 3.63) is 60.2 Å². The molecule has 1 heterocycles. The number of amides is 1. The molecule has 2 aromatic carbocycles. The standard InChI is InChI=1S/C23H30N2O5/c1-24(16-20(26)17-29-21-5-3-2-4-6-21)15-19-7-9-22(10-8-19)30-18-23(27)25-11-13-28-14-12-25/h2-10,20,26H,11-18H2,1H3/t20-/m1/s1. The van der Waals surface area contributed by atoms with Crippen molar-refractivity contribution in [1.29, 1.82) is 0 Å². The van der Waals surface area contributed by atoms with E-state index in [1.807, 2.05) is 66.5 Å². The van der Waals surface area contributed by atoms with Crippen LogP contribution in [0.15, 0.2) is 54.6 Å². The highest BCUT2D eigenvalue weighted by Crippen LogP contribution is 2.14. The second-order valence-electron chi connectivity index (χ2n) is 7.40. The lowest BCUT2D eigenvalue weighted by Gasteiger charge is -2.26. The summed E-state index contributed by atoms with van der Waals surface area (Å²) in [6.07, 6.45) is -0.580. The highest BCUT2D eigenvalue weighted by atomic mass is 16.5. The molecular formula is C23H30N2O5. The zero-order valence-corrected chi connectivity index (χ0v) is 17.4. The van der Waals surface area contributed by atoms with Crippen LogP contribution >= 0.6 is 0 Å². The van der Waals surface area contributed by atoms with Gasteiger partial charge in [0.15, 0.2) is 6.61 Å². The zero-order valence-electron chi connectivity index (χ0n) is 17.4. The summed E-state index contributed by atoms with van der Waals surface area (Å²) in [7, 11) is 1.96. The molecule has 0 unspecified atom stereocenters. The summed E-state index contributed by atoms with van der Waals surface area (Å²) in [6.45, 7) is 3.88. The Morgan fingerprint density at radius 3 is 2.43 bits per heavy atom. The average Bonchev–Trinajstić information content (AvgIpc) is 2.78. The maximum atomic E-state index is 12.1. The van der Waals surface area contributed by atoms with Gasteiger partial charge in [-0.15, -0.1) is 0 Å². The number of hydrogen-bond acceptors (Lipinski definition) is 6. The Hall–Kier alpha value is -2.61. The molecule has 1 atom stereocenters. The number of aliphatic hydroxyl groups excluding tert-OH is 1. The fourth-order valence-corrected chi connectivity index (χ4v) is 3.24. The van der Waals surface area contributed by atoms with Crippen molar-refractivity contribution in [3.8, 4) is 11.5 Å². The predicted octanol–water partition coefficient (Wildman–Crippen LogP) is 1.80. The number of ether oxygens (including phenoxy) is 3. The van der Waals surface area contributed by atoms with E-state index in [1.165, 1.54) is 0 Å². The van der Waals surface area contributed by atoms with Crippen molar-refractivity contribution in [1.82, 2.24) is 9.80 Å². The Morgan fingerprint density at radius 1 is 1.07 bits per heavy atom. The van der Waals surface area contributed by atoms with Crippen molar-refractivity contribution in [2.24, 2.45) is 0 Å². The van der Waals surface area contributed by atoms with E-state index in [4.69, 9.17) is 14.2 Å². The number of carbonyl (C=O) groups excluding carboxylic acids is 1. The minimum Gasteiger partial charge on any atom is -0.491 e. The number of likely N-dealkylation sites (N-methyl/N-ethyl adjacent to an activating group) is 1. The van der Waals surface area contributed by atoms with Crippen molar-refractivity contribution in [2.45, 2.75) is 12.6 Å². The Labute approximate surface area is 177 Å². The molecule has 1 aliphatic heterocycles. The SMILES string of the molecule is CN(Cc1ccc(OCC(=O)N2CCOCC2)cc1)C[C@@H](O)COc1ccccc1. The number of aliphatic hydroxyl groups is 1. The summed E-state index contributed by atoms with van der Waals surface area (Å²) < 4.78 is 16.5. The number of morpholine rings is 1. The van der Waals surface area contributed by atoms with Crippen LogP contribution in [0, 0.1) is 0 Å². The van der Waals surface area contributed by atoms with Gasteiger partial charge in [-0.25, -0.2) is 0 Å². The van der Waals surface area contributed by atoms with Gasteiger partial charge in [-0.3, -0.25) is 9.69 Å². The Kier molecular flexibility index (Phi) is 8.50. The first-order valence-electron chi connectivity index (χ1n) is 10.2. The topological polar surface area (TPSA) is 71.5 Å². The quantitative estimate of drug-likeness (QED) is 0.639. The van der Waals surface area contributed by atoms with E-state index in [1.54, 1.807) is 4.90 Å². The molecule has 0 bridgehead atoms. The lowest BCUT2D eigenvalue weighted by molar-refractivity contribution is -0.137. The van der Waals surface area contributed by atoms with Gasteiger partial charge in [0, 0.05) is 26.2 Å². The van der Waals surface area contributed by atoms with Crippen LogP contribution in [-0.4, -0.2) is 80.0 Å². The van der Waals surface area contributed by atoms with Crippen LogP contribution in [0.25, 0.3) is 0 Å². The first-order chi connectivity index (χ1) is 14.6. The molecule has 7 heteroatoms. The molecule has 7 nitrogen and oxygen atoms in total. The molecule has 0 spiro atoms. The van der Waals surface area contributed by atoms with Gasteiger partial charge in [-0.05, 0) is 36.9 Å². The summed E-state index contributed by atoms with van der Waals surface area (Å²) in [4.78, 5) is 15.9. The number of para-hydroxylation sites is 1. The van der Waals surface area contributed by atoms with Gasteiger partial charge in [0.1, 0.15) is 24.2 Å². The smallest absolute Gasteiger partial charge is 0.260 e. The highest BCUT2D eigenvalue weighted by molar-refractivity contribution is 5.77. The second kappa shape index (κ2) is 11.5. The van der Waals surface area contributed by atoms with Crippen molar-refractivity contribution >= 4 is 5.91 Å². The molecule has 30 heavy (non-hydrogen) atoms. The Morgan fingerprint density at radius 2 is 1.73 bits per heavy atom. The van der Waals surface area contributed by atoms with Crippen LogP contribution in [0.2, 0.25) is 0 Å². The normalized spacial score (nSPS) is 15.1. The monoisotopic (exact) mass is 414 g/mol. The highest BCUT2D eigenvalue weighted by Gasteiger charge is 2.17. The van der Waals surface area contributed by atoms with Gasteiger partial charge in [0.05, 0.1) is 13.2 Å². The summed E-state index contributed by atoms with van der Waals surface area (Å²) in [5.74, 6) is 1.40. The zero-order chi connectivity index (χ0) is 21.2. The van der Waals surface area contributed by atoms with Gasteiger partial charge in [-0.2, -0.15) is 0 Å². The van der Waals surface area contributed by atoms with Crippen molar-refractivity contribution in [2.75, 3.05) is 53.1 Å². The minimum absolute atomic E-state index is 0.0196. The van der Waals surface area contributed by atoms with E-state index < -0.39 is 6.10 Å². The molecule has 0 radical (unpaired) electrons. The van der Waals surface area contributed by atoms with Crippen LogP contribution < -0.4 is 9.47 Å². The van der Waals surface area contributed by atoms with Crippen LogP contribution in [-0.2, 0) is 16.1 Å². The van der Waals surface area contributed by atoms with Gasteiger partial charge in [0.2, 0.25) is 0 Å². The van der Waals surface area contributed by atoms with E-state index in [-0.39, 0.29) is 19.1 Å². The molecule has 1 amide bonds. The number of rotatable bonds is 10. The summed E-state index contributed by atoms with van der Waals surface area (Å²) in [6, 6.07) is 17.1. The summed E-state index contributed by atoms with van der Waals surface area (Å²) in [5.41, 5.74) is 1.10. The summed E-state index contributed by atoms with van der Waals surface area (Å²) >= 11 is 0. The van der Waals surface area contributed by atoms with Gasteiger partial charge >= 0.3 is 0 Å². The molecule has 3 rings (SSSR count). The molecule has 1 N–H and O–H groups in total. The molecule has 1 fully saturated rings. The third kappa shape index (κ3) is 7.33. The first kappa shape index (κ1) is 22.1. The number of benzene rings is 2. The first-order valence-corrected chi connectivity index (χ1v) is 10.2. The maximum Gasteiger partial charge on any atom is 0.260 e. The van der Waals surface area contributed by atoms with Crippen LogP contribution in [0.1, 0.15) is 5.56 Å². The molecule has 162 valence electrons. The number of nitrogens with zero attached hydrogens (tertiary/aromatic N) is 2. The predicted molar refractivity (Wildman–Crippen MR) is 114 cm³/mol. The van der Waals surface area contributed by atoms with Crippen molar-refractivity contribution in [3.63, 3.8) is 0 Å². The van der Waals surface area contributed by atoms with Gasteiger partial charge in [0.25, 0.3) is 5.91 Å². The van der Waals surface area contributed by atoms with Crippen LogP contribution in [0.3, 0.4) is 0 Å². The molecule has 0 saturated carbocycles. The lowest BCUT2D eigenvalue weighted by Crippen LogP contribution is -2.42. The minimum atomic E-state index is -0.580. The lowest BCUT2D eigenvalue weighted by atomic mass is 10.2. The van der Waals surface area contributed by atoms with E-state index in [9.17, 15) is 9.90 Å². The molecular weight excluding hydrogens is 384 g/mol. The van der Waals surface area contributed by atoms with E-state index in [2.05, 4.69) is 0 Å². The van der Waals surface area contributed by atoms with E-state index in [0.717, 1.165) is 11.3 Å². The maximum absolute atomic E-state index is 12.1. The fraction of sp³-hybridized carbons (Fsp3) is 0.435. The third-order valence-corrected chi connectivity index (χ3v) is 4.81. The van der Waals surface area contributed by atoms with Crippen molar-refractivity contribution < 1.29 is 24.1 Å². The number of hydrogen-bond donors (Lipinski definition) is 1. The van der Waals surface area contributed by atoms with Crippen LogP contribution in [0.4, 0.5) is 0 Å². The second-order valence-corrected chi connectivity index (χ2v) is 7.40. The van der Waals surface area contributed by atoms with E-state index in [0.29, 0.717) is 45.1 Å². The summed E-state index contributed by atoms with van der Waals surface area (Å²) in [5, 5.41) is 10.2. The molecule has 1 saturated heterocycles. The molecule has 1 aliphatic rings. The van der Waals surface area contributed by atoms with E-state index >= 15 is 0 Å². The molecule has 2 aromatic rings. The van der Waals surface area contributed by atoms with Gasteiger partial charge in [-0.1, -0.05) is 30.3 Å². The van der Waals surface area contributed by atoms with Crippen LogP contribution in [0.5, 0.6) is 11.5 Å². The Bertz CT molecular complexity index is 763. The average molecular weight is 415 g/mol. The molecule has 0 aliphatic carbocycles. The number of carbonyl (C=O) groups is 1. The van der Waals surface area contributed by atoms with Gasteiger partial charge < -0.3 is 24.2 Å². The Balaban J connectivity index is 1.37. The molecule has 0 aromatic heterocycles. The third-order valence-electron chi connectivity index (χ3n) is 4.81. The fourth-order valence-electron chi connectivity index (χ4n) is 3.24. The largest absolute Gasteiger partial charge is 0.491 e.